The molecule has 0 saturated heterocycles. The Morgan fingerprint density at radius 2 is 2.21 bits per heavy atom. The number of methoxy groups -OCH3 is 1. The number of hydrogen-bond acceptors (Lipinski definition) is 3. The van der Waals surface area contributed by atoms with Crippen molar-refractivity contribution in [3.63, 3.8) is 0 Å². The first-order valence-electron chi connectivity index (χ1n) is 6.39. The number of amides is 1. The van der Waals surface area contributed by atoms with E-state index in [1.165, 1.54) is 5.56 Å². The molecule has 0 heterocycles. The van der Waals surface area contributed by atoms with Crippen LogP contribution in [0.3, 0.4) is 0 Å². The van der Waals surface area contributed by atoms with E-state index in [1.807, 2.05) is 12.1 Å². The zero-order chi connectivity index (χ0) is 14.3. The molecule has 0 spiro atoms. The van der Waals surface area contributed by atoms with E-state index in [0.29, 0.717) is 18.9 Å². The highest BCUT2D eigenvalue weighted by molar-refractivity contribution is 5.77. The van der Waals surface area contributed by atoms with Crippen molar-refractivity contribution < 1.29 is 9.53 Å². The third-order valence-corrected chi connectivity index (χ3v) is 2.93. The summed E-state index contributed by atoms with van der Waals surface area (Å²) in [6, 6.07) is 7.95. The Hall–Kier alpha value is -2.02. The van der Waals surface area contributed by atoms with Crippen molar-refractivity contribution in [2.45, 2.75) is 32.6 Å². The Bertz CT molecular complexity index is 476. The summed E-state index contributed by atoms with van der Waals surface area (Å²) in [5, 5.41) is 11.1. The van der Waals surface area contributed by atoms with E-state index < -0.39 is 0 Å². The molecule has 4 heteroatoms. The van der Waals surface area contributed by atoms with Gasteiger partial charge >= 0.3 is 0 Å². The van der Waals surface area contributed by atoms with E-state index in [-0.39, 0.29) is 12.3 Å². The summed E-state index contributed by atoms with van der Waals surface area (Å²) in [5.74, 6) is 1.05. The number of benzene rings is 1. The van der Waals surface area contributed by atoms with Gasteiger partial charge in [-0.05, 0) is 29.5 Å². The molecule has 102 valence electrons. The van der Waals surface area contributed by atoms with Gasteiger partial charge in [0.25, 0.3) is 0 Å². The Morgan fingerprint density at radius 1 is 1.47 bits per heavy atom. The Morgan fingerprint density at radius 3 is 2.79 bits per heavy atom. The molecule has 1 rings (SSSR count). The van der Waals surface area contributed by atoms with Crippen LogP contribution in [0.2, 0.25) is 0 Å². The van der Waals surface area contributed by atoms with Crippen LogP contribution in [0, 0.1) is 11.3 Å². The highest BCUT2D eigenvalue weighted by Gasteiger charge is 2.07. The number of nitrogens with zero attached hydrogens (tertiary/aromatic N) is 1. The van der Waals surface area contributed by atoms with Crippen LogP contribution >= 0.6 is 0 Å². The minimum atomic E-state index is -0.235. The molecule has 1 aromatic rings. The third kappa shape index (κ3) is 4.63. The van der Waals surface area contributed by atoms with Crippen LogP contribution in [0.5, 0.6) is 5.75 Å². The van der Waals surface area contributed by atoms with E-state index in [4.69, 9.17) is 10.00 Å². The van der Waals surface area contributed by atoms with Gasteiger partial charge in [0.2, 0.25) is 5.91 Å². The van der Waals surface area contributed by atoms with E-state index in [2.05, 4.69) is 31.3 Å². The van der Waals surface area contributed by atoms with Gasteiger partial charge in [-0.3, -0.25) is 4.79 Å². The van der Waals surface area contributed by atoms with Crippen molar-refractivity contribution in [2.24, 2.45) is 0 Å². The lowest BCUT2D eigenvalue weighted by molar-refractivity contribution is -0.120. The first kappa shape index (κ1) is 15.0. The monoisotopic (exact) mass is 260 g/mol. The van der Waals surface area contributed by atoms with Gasteiger partial charge in [0.15, 0.2) is 0 Å². The zero-order valence-electron chi connectivity index (χ0n) is 11.7. The van der Waals surface area contributed by atoms with Gasteiger partial charge < -0.3 is 10.1 Å². The summed E-state index contributed by atoms with van der Waals surface area (Å²) in [4.78, 5) is 11.2. The van der Waals surface area contributed by atoms with Crippen LogP contribution in [0.15, 0.2) is 18.2 Å². The molecule has 0 bridgehead atoms. The molecule has 0 aliphatic heterocycles. The quantitative estimate of drug-likeness (QED) is 0.854. The number of ether oxygens (including phenoxy) is 1. The molecular weight excluding hydrogens is 240 g/mol. The van der Waals surface area contributed by atoms with Gasteiger partial charge in [-0.15, -0.1) is 0 Å². The largest absolute Gasteiger partial charge is 0.496 e. The number of hydrogen-bond donors (Lipinski definition) is 1. The Labute approximate surface area is 114 Å². The highest BCUT2D eigenvalue weighted by Crippen LogP contribution is 2.24. The van der Waals surface area contributed by atoms with Gasteiger partial charge in [-0.2, -0.15) is 5.26 Å². The minimum absolute atomic E-state index is 0.0941. The lowest BCUT2D eigenvalue weighted by Crippen LogP contribution is -2.25. The van der Waals surface area contributed by atoms with Crippen molar-refractivity contribution >= 4 is 5.91 Å². The molecule has 19 heavy (non-hydrogen) atoms. The fourth-order valence-electron chi connectivity index (χ4n) is 1.82. The Kier molecular flexibility index (Phi) is 5.87. The Balaban J connectivity index is 2.68. The molecule has 0 aromatic heterocycles. The van der Waals surface area contributed by atoms with E-state index in [9.17, 15) is 4.79 Å². The molecule has 1 aromatic carbocycles. The van der Waals surface area contributed by atoms with Gasteiger partial charge in [0, 0.05) is 6.54 Å². The molecule has 0 atom stereocenters. The smallest absolute Gasteiger partial charge is 0.234 e. The zero-order valence-corrected chi connectivity index (χ0v) is 11.7. The molecule has 0 radical (unpaired) electrons. The second kappa shape index (κ2) is 7.42. The first-order chi connectivity index (χ1) is 9.08. The van der Waals surface area contributed by atoms with Crippen molar-refractivity contribution in [1.29, 1.82) is 5.26 Å². The van der Waals surface area contributed by atoms with Crippen LogP contribution in [0.25, 0.3) is 0 Å². The lowest BCUT2D eigenvalue weighted by Gasteiger charge is -2.13. The fourth-order valence-corrected chi connectivity index (χ4v) is 1.82. The van der Waals surface area contributed by atoms with Crippen LogP contribution in [-0.4, -0.2) is 19.6 Å². The lowest BCUT2D eigenvalue weighted by atomic mass is 9.99. The van der Waals surface area contributed by atoms with Crippen molar-refractivity contribution in [2.75, 3.05) is 13.7 Å². The molecule has 0 fully saturated rings. The average Bonchev–Trinajstić information content (AvgIpc) is 2.38. The second-order valence-electron chi connectivity index (χ2n) is 4.66. The summed E-state index contributed by atoms with van der Waals surface area (Å²) in [6.45, 7) is 4.79. The fraction of sp³-hybridized carbons (Fsp3) is 0.467. The van der Waals surface area contributed by atoms with Crippen molar-refractivity contribution in [1.82, 2.24) is 5.32 Å². The minimum Gasteiger partial charge on any atom is -0.496 e. The molecule has 0 aliphatic carbocycles. The second-order valence-corrected chi connectivity index (χ2v) is 4.66. The van der Waals surface area contributed by atoms with Crippen LogP contribution in [0.1, 0.15) is 37.3 Å². The molecule has 1 amide bonds. The van der Waals surface area contributed by atoms with E-state index in [0.717, 1.165) is 11.3 Å². The number of carbonyl (C=O) groups excluding carboxylic acids is 1. The van der Waals surface area contributed by atoms with Gasteiger partial charge in [-0.25, -0.2) is 0 Å². The molecule has 0 aliphatic rings. The van der Waals surface area contributed by atoms with Gasteiger partial charge in [-0.1, -0.05) is 26.0 Å². The maximum atomic E-state index is 11.2. The standard InChI is InChI=1S/C15H20N2O2/c1-11(2)12-4-5-14(19-3)13(10-12)7-9-17-15(18)6-8-16/h4-5,10-11H,6-7,9H2,1-3H3,(H,17,18). The third-order valence-electron chi connectivity index (χ3n) is 2.93. The van der Waals surface area contributed by atoms with Crippen LogP contribution < -0.4 is 10.1 Å². The molecule has 0 unspecified atom stereocenters. The molecule has 4 nitrogen and oxygen atoms in total. The maximum Gasteiger partial charge on any atom is 0.234 e. The number of nitriles is 1. The van der Waals surface area contributed by atoms with Crippen LogP contribution in [-0.2, 0) is 11.2 Å². The molecular formula is C15H20N2O2. The number of carbonyl (C=O) groups is 1. The van der Waals surface area contributed by atoms with Gasteiger partial charge in [0.1, 0.15) is 12.2 Å². The normalized spacial score (nSPS) is 10.1. The summed E-state index contributed by atoms with van der Waals surface area (Å²) in [7, 11) is 1.64. The summed E-state index contributed by atoms with van der Waals surface area (Å²) in [5.41, 5.74) is 2.32. The van der Waals surface area contributed by atoms with E-state index >= 15 is 0 Å². The molecule has 1 N–H and O–H groups in total. The average molecular weight is 260 g/mol. The first-order valence-corrected chi connectivity index (χ1v) is 6.39. The topological polar surface area (TPSA) is 62.1 Å². The summed E-state index contributed by atoms with van der Waals surface area (Å²) >= 11 is 0. The number of nitrogens with one attached hydrogen (secondary N) is 1. The highest BCUT2D eigenvalue weighted by atomic mass is 16.5. The summed E-state index contributed by atoms with van der Waals surface area (Å²) < 4.78 is 5.32. The number of rotatable bonds is 6. The van der Waals surface area contributed by atoms with Crippen molar-refractivity contribution in [3.8, 4) is 11.8 Å². The predicted octanol–water partition coefficient (Wildman–Crippen LogP) is 2.39. The SMILES string of the molecule is COc1ccc(C(C)C)cc1CCNC(=O)CC#N. The maximum absolute atomic E-state index is 11.2. The van der Waals surface area contributed by atoms with Crippen molar-refractivity contribution in [3.05, 3.63) is 29.3 Å². The van der Waals surface area contributed by atoms with Gasteiger partial charge in [0.05, 0.1) is 13.2 Å². The predicted molar refractivity (Wildman–Crippen MR) is 74.0 cm³/mol. The van der Waals surface area contributed by atoms with E-state index in [1.54, 1.807) is 7.11 Å². The van der Waals surface area contributed by atoms with Crippen LogP contribution in [0.4, 0.5) is 0 Å². The summed E-state index contributed by atoms with van der Waals surface area (Å²) in [6.07, 6.45) is 0.601. The molecule has 0 saturated carbocycles.